The van der Waals surface area contributed by atoms with Gasteiger partial charge in [0.1, 0.15) is 5.82 Å². The van der Waals surface area contributed by atoms with Gasteiger partial charge in [-0.2, -0.15) is 0 Å². The summed E-state index contributed by atoms with van der Waals surface area (Å²) in [5.74, 6) is -0.0303. The van der Waals surface area contributed by atoms with E-state index in [2.05, 4.69) is 10.3 Å². The maximum atomic E-state index is 12.2. The number of aromatic nitrogens is 1. The molecule has 0 atom stereocenters. The Morgan fingerprint density at radius 2 is 1.95 bits per heavy atom. The lowest BCUT2D eigenvalue weighted by atomic mass is 9.85. The van der Waals surface area contributed by atoms with E-state index in [1.54, 1.807) is 36.5 Å². The smallest absolute Gasteiger partial charge is 0.273 e. The number of benzene rings is 1. The number of rotatable bonds is 3. The third-order valence-electron chi connectivity index (χ3n) is 3.17. The fourth-order valence-corrected chi connectivity index (χ4v) is 2.08. The molecule has 0 saturated carbocycles. The van der Waals surface area contributed by atoms with Crippen molar-refractivity contribution in [2.24, 2.45) is 0 Å². The summed E-state index contributed by atoms with van der Waals surface area (Å²) in [5, 5.41) is 13.9. The second-order valence-electron chi connectivity index (χ2n) is 5.91. The van der Waals surface area contributed by atoms with Gasteiger partial charge in [-0.05, 0) is 23.6 Å². The fraction of sp³-hybridized carbons (Fsp3) is 0.250. The average molecular weight is 299 g/mol. The second kappa shape index (κ2) is 5.93. The number of pyridine rings is 1. The van der Waals surface area contributed by atoms with Gasteiger partial charge in [-0.1, -0.05) is 32.9 Å². The van der Waals surface area contributed by atoms with Crippen LogP contribution in [-0.4, -0.2) is 15.8 Å². The standard InChI is InChI=1S/C16H17N3O3/c1-16(2,3)12-8-7-11(10-13(12)19(21)22)15(20)18-14-6-4-5-9-17-14/h4-10H,1-3H3,(H,17,18,20). The maximum absolute atomic E-state index is 12.2. The highest BCUT2D eigenvalue weighted by Gasteiger charge is 2.26. The molecule has 0 radical (unpaired) electrons. The highest BCUT2D eigenvalue weighted by atomic mass is 16.6. The molecule has 2 aromatic rings. The predicted octanol–water partition coefficient (Wildman–Crippen LogP) is 3.54. The van der Waals surface area contributed by atoms with E-state index in [1.807, 2.05) is 20.8 Å². The molecule has 0 spiro atoms. The van der Waals surface area contributed by atoms with Crippen molar-refractivity contribution in [2.45, 2.75) is 26.2 Å². The van der Waals surface area contributed by atoms with E-state index < -0.39 is 10.8 Å². The Morgan fingerprint density at radius 1 is 1.23 bits per heavy atom. The molecule has 0 aliphatic rings. The number of nitro groups is 1. The van der Waals surface area contributed by atoms with Crippen LogP contribution >= 0.6 is 0 Å². The van der Waals surface area contributed by atoms with Gasteiger partial charge in [-0.25, -0.2) is 4.98 Å². The van der Waals surface area contributed by atoms with Crippen LogP contribution in [0, 0.1) is 10.1 Å². The van der Waals surface area contributed by atoms with Crippen molar-refractivity contribution in [2.75, 3.05) is 5.32 Å². The molecular formula is C16H17N3O3. The van der Waals surface area contributed by atoms with Crippen LogP contribution in [0.2, 0.25) is 0 Å². The highest BCUT2D eigenvalue weighted by molar-refractivity contribution is 6.04. The van der Waals surface area contributed by atoms with Crippen LogP contribution in [0.25, 0.3) is 0 Å². The third-order valence-corrected chi connectivity index (χ3v) is 3.17. The molecular weight excluding hydrogens is 282 g/mol. The van der Waals surface area contributed by atoms with E-state index >= 15 is 0 Å². The lowest BCUT2D eigenvalue weighted by molar-refractivity contribution is -0.386. The molecule has 22 heavy (non-hydrogen) atoms. The van der Waals surface area contributed by atoms with Crippen LogP contribution < -0.4 is 5.32 Å². The second-order valence-corrected chi connectivity index (χ2v) is 5.91. The largest absolute Gasteiger partial charge is 0.307 e. The fourth-order valence-electron chi connectivity index (χ4n) is 2.08. The number of amides is 1. The molecule has 0 unspecified atom stereocenters. The van der Waals surface area contributed by atoms with Gasteiger partial charge in [0.15, 0.2) is 0 Å². The maximum Gasteiger partial charge on any atom is 0.273 e. The lowest BCUT2D eigenvalue weighted by Gasteiger charge is -2.19. The van der Waals surface area contributed by atoms with Crippen molar-refractivity contribution in [3.63, 3.8) is 0 Å². The SMILES string of the molecule is CC(C)(C)c1ccc(C(=O)Nc2ccccn2)cc1[N+](=O)[O-]. The number of anilines is 1. The van der Waals surface area contributed by atoms with Crippen LogP contribution in [-0.2, 0) is 5.41 Å². The molecule has 1 amide bonds. The molecule has 6 nitrogen and oxygen atoms in total. The van der Waals surface area contributed by atoms with Gasteiger partial charge in [0, 0.05) is 23.4 Å². The number of carbonyl (C=O) groups is 1. The van der Waals surface area contributed by atoms with Gasteiger partial charge in [0.2, 0.25) is 0 Å². The van der Waals surface area contributed by atoms with Crippen molar-refractivity contribution in [1.29, 1.82) is 0 Å². The van der Waals surface area contributed by atoms with Crippen molar-refractivity contribution in [3.05, 3.63) is 63.8 Å². The summed E-state index contributed by atoms with van der Waals surface area (Å²) >= 11 is 0. The first kappa shape index (κ1) is 15.6. The van der Waals surface area contributed by atoms with E-state index in [-0.39, 0.29) is 16.7 Å². The molecule has 0 aliphatic carbocycles. The average Bonchev–Trinajstić information content (AvgIpc) is 2.46. The minimum Gasteiger partial charge on any atom is -0.307 e. The van der Waals surface area contributed by atoms with Gasteiger partial charge in [-0.3, -0.25) is 14.9 Å². The monoisotopic (exact) mass is 299 g/mol. The lowest BCUT2D eigenvalue weighted by Crippen LogP contribution is -2.17. The minimum absolute atomic E-state index is 0.0545. The molecule has 0 bridgehead atoms. The van der Waals surface area contributed by atoms with E-state index in [0.717, 1.165) is 0 Å². The molecule has 1 N–H and O–H groups in total. The zero-order chi connectivity index (χ0) is 16.3. The van der Waals surface area contributed by atoms with Gasteiger partial charge < -0.3 is 5.32 Å². The quantitative estimate of drug-likeness (QED) is 0.694. The highest BCUT2D eigenvalue weighted by Crippen LogP contribution is 2.31. The Morgan fingerprint density at radius 3 is 2.50 bits per heavy atom. The normalized spacial score (nSPS) is 11.0. The van der Waals surface area contributed by atoms with Gasteiger partial charge in [0.05, 0.1) is 4.92 Å². The van der Waals surface area contributed by atoms with Crippen molar-refractivity contribution in [1.82, 2.24) is 4.98 Å². The number of hydrogen-bond acceptors (Lipinski definition) is 4. The van der Waals surface area contributed by atoms with E-state index in [9.17, 15) is 14.9 Å². The number of hydrogen-bond donors (Lipinski definition) is 1. The van der Waals surface area contributed by atoms with Gasteiger partial charge in [-0.15, -0.1) is 0 Å². The Balaban J connectivity index is 2.35. The van der Waals surface area contributed by atoms with Crippen molar-refractivity contribution >= 4 is 17.4 Å². The zero-order valence-electron chi connectivity index (χ0n) is 12.7. The molecule has 0 saturated heterocycles. The molecule has 6 heteroatoms. The van der Waals surface area contributed by atoms with E-state index in [4.69, 9.17) is 0 Å². The zero-order valence-corrected chi connectivity index (χ0v) is 12.7. The predicted molar refractivity (Wildman–Crippen MR) is 84.0 cm³/mol. The molecule has 0 fully saturated rings. The summed E-state index contributed by atoms with van der Waals surface area (Å²) in [6.07, 6.45) is 1.56. The number of nitro benzene ring substituents is 1. The Hall–Kier alpha value is -2.76. The molecule has 2 rings (SSSR count). The van der Waals surface area contributed by atoms with Gasteiger partial charge in [0.25, 0.3) is 11.6 Å². The molecule has 114 valence electrons. The van der Waals surface area contributed by atoms with Crippen LogP contribution in [0.4, 0.5) is 11.5 Å². The number of nitrogens with zero attached hydrogens (tertiary/aromatic N) is 2. The molecule has 0 aliphatic heterocycles. The first-order valence-corrected chi connectivity index (χ1v) is 6.80. The summed E-state index contributed by atoms with van der Waals surface area (Å²) in [4.78, 5) is 27.0. The summed E-state index contributed by atoms with van der Waals surface area (Å²) < 4.78 is 0. The first-order valence-electron chi connectivity index (χ1n) is 6.80. The molecule has 1 aromatic carbocycles. The molecule has 1 aromatic heterocycles. The van der Waals surface area contributed by atoms with Gasteiger partial charge >= 0.3 is 0 Å². The van der Waals surface area contributed by atoms with E-state index in [0.29, 0.717) is 11.4 Å². The minimum atomic E-state index is -0.460. The first-order chi connectivity index (χ1) is 10.3. The summed E-state index contributed by atoms with van der Waals surface area (Å²) in [5.41, 5.74) is 0.386. The third kappa shape index (κ3) is 3.46. The number of carbonyl (C=O) groups excluding carboxylic acids is 1. The Kier molecular flexibility index (Phi) is 4.21. The number of nitrogens with one attached hydrogen (secondary N) is 1. The van der Waals surface area contributed by atoms with Crippen LogP contribution in [0.5, 0.6) is 0 Å². The van der Waals surface area contributed by atoms with E-state index in [1.165, 1.54) is 6.07 Å². The summed E-state index contributed by atoms with van der Waals surface area (Å²) in [6, 6.07) is 9.65. The Labute approximate surface area is 128 Å². The Bertz CT molecular complexity index is 706. The summed E-state index contributed by atoms with van der Waals surface area (Å²) in [7, 11) is 0. The topological polar surface area (TPSA) is 85.1 Å². The van der Waals surface area contributed by atoms with Crippen molar-refractivity contribution in [3.8, 4) is 0 Å². The van der Waals surface area contributed by atoms with Crippen molar-refractivity contribution < 1.29 is 9.72 Å². The summed E-state index contributed by atoms with van der Waals surface area (Å²) in [6.45, 7) is 5.68. The molecule has 1 heterocycles. The van der Waals surface area contributed by atoms with Crippen LogP contribution in [0.1, 0.15) is 36.7 Å². The van der Waals surface area contributed by atoms with Crippen LogP contribution in [0.3, 0.4) is 0 Å². The van der Waals surface area contributed by atoms with Crippen LogP contribution in [0.15, 0.2) is 42.6 Å².